The van der Waals surface area contributed by atoms with Crippen molar-refractivity contribution in [3.05, 3.63) is 17.7 Å². The molecule has 1 aliphatic heterocycles. The molecule has 32 heavy (non-hydrogen) atoms. The number of nitrogens with zero attached hydrogens (tertiary/aromatic N) is 2. The number of benzene rings is 1. The van der Waals surface area contributed by atoms with E-state index in [1.54, 1.807) is 21.3 Å². The third kappa shape index (κ3) is 6.32. The van der Waals surface area contributed by atoms with Gasteiger partial charge in [0.05, 0.1) is 27.9 Å². The Labute approximate surface area is 208 Å². The summed E-state index contributed by atoms with van der Waals surface area (Å²) in [4.78, 5) is 19.5. The van der Waals surface area contributed by atoms with Gasteiger partial charge in [-0.25, -0.2) is 4.99 Å². The van der Waals surface area contributed by atoms with E-state index in [1.165, 1.54) is 12.8 Å². The number of nitrogens with one attached hydrogen (secondary N) is 2. The van der Waals surface area contributed by atoms with Crippen LogP contribution in [0.2, 0.25) is 0 Å². The molecule has 0 aromatic heterocycles. The van der Waals surface area contributed by atoms with E-state index in [2.05, 4.69) is 10.6 Å². The highest BCUT2D eigenvalue weighted by molar-refractivity contribution is 14.0. The molecule has 1 heterocycles. The van der Waals surface area contributed by atoms with E-state index < -0.39 is 0 Å². The lowest BCUT2D eigenvalue weighted by atomic mass is 10.1. The Balaban J connectivity index is 0.00000363. The predicted molar refractivity (Wildman–Crippen MR) is 136 cm³/mol. The van der Waals surface area contributed by atoms with Crippen LogP contribution >= 0.6 is 24.0 Å². The summed E-state index contributed by atoms with van der Waals surface area (Å²) in [6, 6.07) is 4.00. The first-order chi connectivity index (χ1) is 15.1. The Kier molecular flexibility index (Phi) is 10.7. The fraction of sp³-hybridized carbons (Fsp3) is 0.652. The van der Waals surface area contributed by atoms with Crippen LogP contribution in [-0.4, -0.2) is 63.8 Å². The van der Waals surface area contributed by atoms with E-state index >= 15 is 0 Å². The predicted octanol–water partition coefficient (Wildman–Crippen LogP) is 3.18. The molecule has 1 saturated heterocycles. The molecule has 0 spiro atoms. The molecule has 8 nitrogen and oxygen atoms in total. The van der Waals surface area contributed by atoms with Crippen LogP contribution in [0.5, 0.6) is 17.2 Å². The van der Waals surface area contributed by atoms with Gasteiger partial charge in [0, 0.05) is 37.2 Å². The second-order valence-corrected chi connectivity index (χ2v) is 8.08. The summed E-state index contributed by atoms with van der Waals surface area (Å²) in [6.07, 6.45) is 5.39. The lowest BCUT2D eigenvalue weighted by Crippen LogP contribution is -2.45. The van der Waals surface area contributed by atoms with Crippen molar-refractivity contribution in [1.29, 1.82) is 0 Å². The van der Waals surface area contributed by atoms with E-state index in [0.717, 1.165) is 50.4 Å². The van der Waals surface area contributed by atoms with Gasteiger partial charge in [-0.05, 0) is 38.3 Å². The number of carbonyl (C=O) groups is 1. The summed E-state index contributed by atoms with van der Waals surface area (Å²) in [5.41, 5.74) is 0.904. The summed E-state index contributed by atoms with van der Waals surface area (Å²) >= 11 is 0. The Morgan fingerprint density at radius 2 is 1.81 bits per heavy atom. The van der Waals surface area contributed by atoms with E-state index in [-0.39, 0.29) is 35.9 Å². The molecule has 0 bridgehead atoms. The third-order valence-corrected chi connectivity index (χ3v) is 6.08. The van der Waals surface area contributed by atoms with E-state index in [0.29, 0.717) is 29.7 Å². The number of likely N-dealkylation sites (tertiary alicyclic amines) is 1. The van der Waals surface area contributed by atoms with Crippen LogP contribution in [0.25, 0.3) is 0 Å². The van der Waals surface area contributed by atoms with Crippen LogP contribution in [0.3, 0.4) is 0 Å². The van der Waals surface area contributed by atoms with Crippen LogP contribution < -0.4 is 24.8 Å². The average molecular weight is 560 g/mol. The van der Waals surface area contributed by atoms with E-state index in [9.17, 15) is 4.79 Å². The Morgan fingerprint density at radius 1 is 1.09 bits per heavy atom. The minimum absolute atomic E-state index is 0. The van der Waals surface area contributed by atoms with Gasteiger partial charge in [-0.2, -0.15) is 0 Å². The molecule has 2 aliphatic rings. The van der Waals surface area contributed by atoms with Gasteiger partial charge in [-0.15, -0.1) is 24.0 Å². The topological polar surface area (TPSA) is 84.4 Å². The van der Waals surface area contributed by atoms with Gasteiger partial charge in [0.15, 0.2) is 17.5 Å². The summed E-state index contributed by atoms with van der Waals surface area (Å²) in [5.74, 6) is 3.11. The van der Waals surface area contributed by atoms with Crippen LogP contribution in [0.4, 0.5) is 0 Å². The zero-order chi connectivity index (χ0) is 22.2. The number of hydrogen-bond acceptors (Lipinski definition) is 5. The van der Waals surface area contributed by atoms with E-state index in [1.807, 2.05) is 24.0 Å². The number of hydrogen-bond donors (Lipinski definition) is 2. The average Bonchev–Trinajstić information content (AvgIpc) is 3.48. The van der Waals surface area contributed by atoms with Gasteiger partial charge in [0.1, 0.15) is 0 Å². The Bertz CT molecular complexity index is 784. The maximum atomic E-state index is 12.7. The first kappa shape index (κ1) is 26.3. The number of aliphatic imine (C=N–C) groups is 1. The highest BCUT2D eigenvalue weighted by Crippen LogP contribution is 2.40. The maximum absolute atomic E-state index is 12.7. The van der Waals surface area contributed by atoms with Crippen LogP contribution in [0, 0.1) is 5.92 Å². The summed E-state index contributed by atoms with van der Waals surface area (Å²) in [6.45, 7) is 4.77. The SMILES string of the molecule is CCNC(=NCc1ccc(OC)c(OC)c1OC)NC1CCN(C(=O)C2CCCC2)C1.I. The number of carbonyl (C=O) groups excluding carboxylic acids is 1. The normalized spacial score (nSPS) is 18.8. The number of ether oxygens (including phenoxy) is 3. The number of amides is 1. The zero-order valence-corrected chi connectivity index (χ0v) is 21.9. The van der Waals surface area contributed by atoms with Gasteiger partial charge < -0.3 is 29.7 Å². The van der Waals surface area contributed by atoms with Crippen molar-refractivity contribution in [2.75, 3.05) is 41.0 Å². The molecule has 1 unspecified atom stereocenters. The fourth-order valence-electron chi connectivity index (χ4n) is 4.47. The van der Waals surface area contributed by atoms with Gasteiger partial charge in [-0.3, -0.25) is 4.79 Å². The number of rotatable bonds is 8. The fourth-order valence-corrected chi connectivity index (χ4v) is 4.47. The lowest BCUT2D eigenvalue weighted by molar-refractivity contribution is -0.134. The third-order valence-electron chi connectivity index (χ3n) is 6.08. The van der Waals surface area contributed by atoms with Crippen molar-refractivity contribution in [3.63, 3.8) is 0 Å². The molecule has 1 atom stereocenters. The van der Waals surface area contributed by atoms with Crippen molar-refractivity contribution >= 4 is 35.8 Å². The van der Waals surface area contributed by atoms with Gasteiger partial charge >= 0.3 is 0 Å². The molecule has 1 saturated carbocycles. The lowest BCUT2D eigenvalue weighted by Gasteiger charge is -2.21. The molecular weight excluding hydrogens is 523 g/mol. The first-order valence-electron chi connectivity index (χ1n) is 11.2. The second kappa shape index (κ2) is 13.0. The van der Waals surface area contributed by atoms with E-state index in [4.69, 9.17) is 19.2 Å². The molecule has 1 aromatic rings. The molecule has 1 aromatic carbocycles. The van der Waals surface area contributed by atoms with Crippen molar-refractivity contribution in [2.45, 2.75) is 51.6 Å². The van der Waals surface area contributed by atoms with Crippen LogP contribution in [0.1, 0.15) is 44.6 Å². The smallest absolute Gasteiger partial charge is 0.225 e. The number of halogens is 1. The number of guanidine groups is 1. The highest BCUT2D eigenvalue weighted by Gasteiger charge is 2.32. The molecule has 2 fully saturated rings. The van der Waals surface area contributed by atoms with Crippen molar-refractivity contribution < 1.29 is 19.0 Å². The Morgan fingerprint density at radius 3 is 2.44 bits per heavy atom. The molecule has 2 N–H and O–H groups in total. The molecule has 0 radical (unpaired) electrons. The molecule has 1 amide bonds. The molecule has 9 heteroatoms. The Hall–Kier alpha value is -1.91. The van der Waals surface area contributed by atoms with Crippen molar-refractivity contribution in [1.82, 2.24) is 15.5 Å². The van der Waals surface area contributed by atoms with Gasteiger partial charge in [0.2, 0.25) is 11.7 Å². The summed E-state index contributed by atoms with van der Waals surface area (Å²) in [5, 5.41) is 6.81. The number of methoxy groups -OCH3 is 3. The molecule has 180 valence electrons. The summed E-state index contributed by atoms with van der Waals surface area (Å²) < 4.78 is 16.4. The van der Waals surface area contributed by atoms with Crippen molar-refractivity contribution in [3.8, 4) is 17.2 Å². The van der Waals surface area contributed by atoms with Crippen molar-refractivity contribution in [2.24, 2.45) is 10.9 Å². The van der Waals surface area contributed by atoms with Crippen LogP contribution in [0.15, 0.2) is 17.1 Å². The van der Waals surface area contributed by atoms with Gasteiger partial charge in [0.25, 0.3) is 0 Å². The standard InChI is InChI=1S/C23H36N4O4.HI/c1-5-24-23(25-14-17-10-11-19(29-2)21(31-4)20(17)30-3)26-18-12-13-27(15-18)22(28)16-8-6-7-9-16;/h10-11,16,18H,5-9,12-15H2,1-4H3,(H2,24,25,26);1H. The largest absolute Gasteiger partial charge is 0.493 e. The molecule has 1 aliphatic carbocycles. The summed E-state index contributed by atoms with van der Waals surface area (Å²) in [7, 11) is 4.81. The zero-order valence-electron chi connectivity index (χ0n) is 19.6. The van der Waals surface area contributed by atoms with Crippen LogP contribution in [-0.2, 0) is 11.3 Å². The maximum Gasteiger partial charge on any atom is 0.225 e. The molecule has 3 rings (SSSR count). The highest BCUT2D eigenvalue weighted by atomic mass is 127. The molecular formula is C23H37IN4O4. The first-order valence-corrected chi connectivity index (χ1v) is 11.2. The van der Waals surface area contributed by atoms with Gasteiger partial charge in [-0.1, -0.05) is 12.8 Å². The monoisotopic (exact) mass is 560 g/mol. The minimum atomic E-state index is 0. The quantitative estimate of drug-likeness (QED) is 0.289. The minimum Gasteiger partial charge on any atom is -0.493 e. The second-order valence-electron chi connectivity index (χ2n) is 8.08.